The molecule has 112 valence electrons. The first-order valence-electron chi connectivity index (χ1n) is 7.31. The van der Waals surface area contributed by atoms with E-state index in [2.05, 4.69) is 25.7 Å². The fourth-order valence-electron chi connectivity index (χ4n) is 2.23. The highest BCUT2D eigenvalue weighted by Gasteiger charge is 2.15. The molecule has 1 aromatic rings. The van der Waals surface area contributed by atoms with Crippen molar-refractivity contribution < 1.29 is 4.39 Å². The van der Waals surface area contributed by atoms with Crippen LogP contribution in [0.4, 0.5) is 4.39 Å². The van der Waals surface area contributed by atoms with Crippen molar-refractivity contribution in [1.82, 2.24) is 4.90 Å². The number of benzene rings is 1. The molecule has 0 spiro atoms. The molecule has 0 aromatic heterocycles. The van der Waals surface area contributed by atoms with Gasteiger partial charge in [-0.1, -0.05) is 32.5 Å². The summed E-state index contributed by atoms with van der Waals surface area (Å²) in [5.74, 6) is -0.236. The molecule has 0 aliphatic carbocycles. The number of hydrogen-bond donors (Lipinski definition) is 1. The summed E-state index contributed by atoms with van der Waals surface area (Å²) in [6.45, 7) is 8.26. The number of hydrogen-bond acceptors (Lipinski definition) is 2. The second kappa shape index (κ2) is 8.32. The van der Waals surface area contributed by atoms with Crippen LogP contribution in [0.5, 0.6) is 0 Å². The van der Waals surface area contributed by atoms with E-state index in [1.54, 1.807) is 12.1 Å². The van der Waals surface area contributed by atoms with Gasteiger partial charge in [-0.15, -0.1) is 0 Å². The fourth-order valence-corrected chi connectivity index (χ4v) is 2.43. The van der Waals surface area contributed by atoms with E-state index in [0.717, 1.165) is 36.9 Å². The summed E-state index contributed by atoms with van der Waals surface area (Å²) in [5, 5.41) is 0. The minimum Gasteiger partial charge on any atom is -0.389 e. The van der Waals surface area contributed by atoms with E-state index in [0.29, 0.717) is 17.6 Å². The molecule has 4 heteroatoms. The molecule has 2 nitrogen and oxygen atoms in total. The highest BCUT2D eigenvalue weighted by Crippen LogP contribution is 2.17. The maximum absolute atomic E-state index is 13.5. The Kier molecular flexibility index (Phi) is 7.10. The molecule has 1 aromatic carbocycles. The largest absolute Gasteiger partial charge is 0.389 e. The Morgan fingerprint density at radius 1 is 1.40 bits per heavy atom. The van der Waals surface area contributed by atoms with Crippen molar-refractivity contribution in [1.29, 1.82) is 0 Å². The van der Waals surface area contributed by atoms with Crippen molar-refractivity contribution in [2.45, 2.75) is 52.6 Å². The summed E-state index contributed by atoms with van der Waals surface area (Å²) in [5.41, 5.74) is 7.41. The summed E-state index contributed by atoms with van der Waals surface area (Å²) >= 11 is 5.06. The fraction of sp³-hybridized carbons (Fsp3) is 0.562. The summed E-state index contributed by atoms with van der Waals surface area (Å²) in [4.78, 5) is 2.71. The number of nitrogens with zero attached hydrogens (tertiary/aromatic N) is 1. The van der Waals surface area contributed by atoms with E-state index in [1.807, 2.05) is 0 Å². The Morgan fingerprint density at radius 2 is 2.10 bits per heavy atom. The van der Waals surface area contributed by atoms with Crippen LogP contribution in [0.2, 0.25) is 0 Å². The first-order valence-corrected chi connectivity index (χ1v) is 7.72. The Balaban J connectivity index is 2.96. The molecule has 1 unspecified atom stereocenters. The highest BCUT2D eigenvalue weighted by molar-refractivity contribution is 7.80. The second-order valence-corrected chi connectivity index (χ2v) is 5.69. The standard InChI is InChI=1S/C16H25FN2S/c1-4-6-9-19(12(3)5-2)11-13-10-14(17)7-8-15(13)16(18)20/h7-8,10,12H,4-6,9,11H2,1-3H3,(H2,18,20). The third-order valence-electron chi connectivity index (χ3n) is 3.72. The van der Waals surface area contributed by atoms with Gasteiger partial charge in [-0.25, -0.2) is 4.39 Å². The molecule has 2 N–H and O–H groups in total. The molecule has 0 radical (unpaired) electrons. The van der Waals surface area contributed by atoms with Crippen LogP contribution in [0, 0.1) is 5.82 Å². The lowest BCUT2D eigenvalue weighted by Gasteiger charge is -2.29. The molecule has 20 heavy (non-hydrogen) atoms. The molecule has 1 atom stereocenters. The van der Waals surface area contributed by atoms with Gasteiger partial charge >= 0.3 is 0 Å². The van der Waals surface area contributed by atoms with Crippen LogP contribution < -0.4 is 5.73 Å². The molecule has 0 saturated heterocycles. The van der Waals surface area contributed by atoms with Crippen molar-refractivity contribution in [3.8, 4) is 0 Å². The zero-order valence-electron chi connectivity index (χ0n) is 12.7. The number of rotatable bonds is 8. The van der Waals surface area contributed by atoms with Gasteiger partial charge in [0.2, 0.25) is 0 Å². The Bertz CT molecular complexity index is 448. The minimum atomic E-state index is -0.236. The molecule has 0 bridgehead atoms. The average Bonchev–Trinajstić information content (AvgIpc) is 2.42. The second-order valence-electron chi connectivity index (χ2n) is 5.25. The third kappa shape index (κ3) is 4.84. The first-order chi connectivity index (χ1) is 9.49. The maximum Gasteiger partial charge on any atom is 0.123 e. The maximum atomic E-state index is 13.5. The van der Waals surface area contributed by atoms with Crippen molar-refractivity contribution in [2.24, 2.45) is 5.73 Å². The van der Waals surface area contributed by atoms with E-state index in [-0.39, 0.29) is 5.82 Å². The molecular weight excluding hydrogens is 271 g/mol. The van der Waals surface area contributed by atoms with Crippen LogP contribution in [0.3, 0.4) is 0 Å². The van der Waals surface area contributed by atoms with Gasteiger partial charge in [0.1, 0.15) is 10.8 Å². The van der Waals surface area contributed by atoms with Gasteiger partial charge < -0.3 is 5.73 Å². The molecule has 0 aliphatic heterocycles. The quantitative estimate of drug-likeness (QED) is 0.739. The van der Waals surface area contributed by atoms with Gasteiger partial charge in [0.05, 0.1) is 0 Å². The van der Waals surface area contributed by atoms with E-state index in [4.69, 9.17) is 18.0 Å². The molecule has 0 fully saturated rings. The Hall–Kier alpha value is -1.00. The van der Waals surface area contributed by atoms with Crippen molar-refractivity contribution in [3.05, 3.63) is 35.1 Å². The predicted octanol–water partition coefficient (Wildman–Crippen LogP) is 3.86. The van der Waals surface area contributed by atoms with Crippen LogP contribution in [-0.4, -0.2) is 22.5 Å². The van der Waals surface area contributed by atoms with Gasteiger partial charge in [-0.3, -0.25) is 4.90 Å². The van der Waals surface area contributed by atoms with Gasteiger partial charge in [0, 0.05) is 18.2 Å². The monoisotopic (exact) mass is 296 g/mol. The zero-order valence-corrected chi connectivity index (χ0v) is 13.5. The zero-order chi connectivity index (χ0) is 15.1. The summed E-state index contributed by atoms with van der Waals surface area (Å²) in [7, 11) is 0. The molecule has 0 saturated carbocycles. The lowest BCUT2D eigenvalue weighted by Crippen LogP contribution is -2.33. The highest BCUT2D eigenvalue weighted by atomic mass is 32.1. The van der Waals surface area contributed by atoms with E-state index in [9.17, 15) is 4.39 Å². The van der Waals surface area contributed by atoms with Crippen LogP contribution in [-0.2, 0) is 6.54 Å². The molecule has 0 amide bonds. The Morgan fingerprint density at radius 3 is 2.65 bits per heavy atom. The number of thiocarbonyl (C=S) groups is 1. The molecule has 1 rings (SSSR count). The van der Waals surface area contributed by atoms with Gasteiger partial charge in [-0.05, 0) is 50.1 Å². The molecule has 0 aliphatic rings. The lowest BCUT2D eigenvalue weighted by atomic mass is 10.0. The average molecular weight is 296 g/mol. The summed E-state index contributed by atoms with van der Waals surface area (Å²) < 4.78 is 13.5. The first kappa shape index (κ1) is 17.1. The SMILES string of the molecule is CCCCN(Cc1cc(F)ccc1C(N)=S)C(C)CC. The molecule has 0 heterocycles. The number of unbranched alkanes of at least 4 members (excludes halogenated alkanes) is 1. The minimum absolute atomic E-state index is 0.236. The van der Waals surface area contributed by atoms with E-state index in [1.165, 1.54) is 6.07 Å². The lowest BCUT2D eigenvalue weighted by molar-refractivity contribution is 0.192. The van der Waals surface area contributed by atoms with Crippen LogP contribution in [0.25, 0.3) is 0 Å². The van der Waals surface area contributed by atoms with Gasteiger partial charge in [-0.2, -0.15) is 0 Å². The van der Waals surface area contributed by atoms with Crippen LogP contribution in [0.1, 0.15) is 51.2 Å². The van der Waals surface area contributed by atoms with Crippen LogP contribution in [0.15, 0.2) is 18.2 Å². The van der Waals surface area contributed by atoms with Gasteiger partial charge in [0.25, 0.3) is 0 Å². The van der Waals surface area contributed by atoms with Crippen molar-refractivity contribution in [3.63, 3.8) is 0 Å². The Labute approximate surface area is 127 Å². The predicted molar refractivity (Wildman–Crippen MR) is 87.4 cm³/mol. The van der Waals surface area contributed by atoms with Crippen LogP contribution >= 0.6 is 12.2 Å². The van der Waals surface area contributed by atoms with Crippen molar-refractivity contribution in [2.75, 3.05) is 6.54 Å². The normalized spacial score (nSPS) is 12.7. The van der Waals surface area contributed by atoms with Gasteiger partial charge in [0.15, 0.2) is 0 Å². The van der Waals surface area contributed by atoms with E-state index < -0.39 is 0 Å². The molecular formula is C16H25FN2S. The third-order valence-corrected chi connectivity index (χ3v) is 3.94. The topological polar surface area (TPSA) is 29.3 Å². The van der Waals surface area contributed by atoms with Crippen molar-refractivity contribution >= 4 is 17.2 Å². The number of halogens is 1. The smallest absolute Gasteiger partial charge is 0.123 e. The summed E-state index contributed by atoms with van der Waals surface area (Å²) in [6, 6.07) is 5.11. The van der Waals surface area contributed by atoms with E-state index >= 15 is 0 Å². The summed E-state index contributed by atoms with van der Waals surface area (Å²) in [6.07, 6.45) is 3.36. The number of nitrogens with two attached hydrogens (primary N) is 1.